The van der Waals surface area contributed by atoms with Crippen LogP contribution in [-0.2, 0) is 13.0 Å². The van der Waals surface area contributed by atoms with Crippen molar-refractivity contribution in [3.05, 3.63) is 71.4 Å². The molecule has 0 fully saturated rings. The number of benzene rings is 2. The van der Waals surface area contributed by atoms with E-state index in [-0.39, 0.29) is 5.89 Å². The Morgan fingerprint density at radius 2 is 1.92 bits per heavy atom. The number of aromatic nitrogens is 2. The second-order valence-corrected chi connectivity index (χ2v) is 5.52. The summed E-state index contributed by atoms with van der Waals surface area (Å²) in [7, 11) is 3.20. The minimum Gasteiger partial charge on any atom is -0.497 e. The monoisotopic (exact) mass is 353 g/mol. The zero-order chi connectivity index (χ0) is 18.4. The highest BCUT2D eigenvalue weighted by Gasteiger charge is 2.16. The Morgan fingerprint density at radius 3 is 2.73 bits per heavy atom. The SMILES string of the molecule is COc1cccc(CNC(=O)c2nnc(Cc3ccccc3OC)o2)c1. The van der Waals surface area contributed by atoms with Crippen LogP contribution in [0.25, 0.3) is 0 Å². The first-order valence-electron chi connectivity index (χ1n) is 8.05. The van der Waals surface area contributed by atoms with Crippen molar-refractivity contribution in [2.24, 2.45) is 0 Å². The molecule has 7 nitrogen and oxygen atoms in total. The number of hydrogen-bond acceptors (Lipinski definition) is 6. The van der Waals surface area contributed by atoms with Gasteiger partial charge in [0.2, 0.25) is 5.89 Å². The summed E-state index contributed by atoms with van der Waals surface area (Å²) in [5, 5.41) is 10.5. The molecule has 1 heterocycles. The molecule has 1 amide bonds. The van der Waals surface area contributed by atoms with Gasteiger partial charge in [-0.1, -0.05) is 30.3 Å². The van der Waals surface area contributed by atoms with Crippen molar-refractivity contribution in [1.82, 2.24) is 15.5 Å². The minimum absolute atomic E-state index is 0.0715. The molecule has 0 unspecified atom stereocenters. The van der Waals surface area contributed by atoms with Crippen molar-refractivity contribution >= 4 is 5.91 Å². The van der Waals surface area contributed by atoms with Crippen LogP contribution in [0.15, 0.2) is 52.9 Å². The van der Waals surface area contributed by atoms with Gasteiger partial charge in [-0.25, -0.2) is 0 Å². The van der Waals surface area contributed by atoms with Gasteiger partial charge in [0, 0.05) is 12.1 Å². The average molecular weight is 353 g/mol. The van der Waals surface area contributed by atoms with Crippen LogP contribution in [0, 0.1) is 0 Å². The molecule has 3 rings (SSSR count). The summed E-state index contributed by atoms with van der Waals surface area (Å²) >= 11 is 0. The van der Waals surface area contributed by atoms with E-state index in [1.165, 1.54) is 0 Å². The first-order valence-corrected chi connectivity index (χ1v) is 8.05. The predicted octanol–water partition coefficient (Wildman–Crippen LogP) is 2.61. The number of ether oxygens (including phenoxy) is 2. The van der Waals surface area contributed by atoms with Crippen molar-refractivity contribution in [3.8, 4) is 11.5 Å². The van der Waals surface area contributed by atoms with Gasteiger partial charge in [0.05, 0.1) is 20.6 Å². The topological polar surface area (TPSA) is 86.5 Å². The molecule has 0 saturated carbocycles. The number of carbonyl (C=O) groups is 1. The number of hydrogen-bond donors (Lipinski definition) is 1. The molecule has 3 aromatic rings. The molecular weight excluding hydrogens is 334 g/mol. The molecule has 0 aliphatic carbocycles. The van der Waals surface area contributed by atoms with E-state index in [1.807, 2.05) is 48.5 Å². The number of para-hydroxylation sites is 1. The number of nitrogens with zero attached hydrogens (tertiary/aromatic N) is 2. The van der Waals surface area contributed by atoms with Crippen LogP contribution in [0.1, 0.15) is 27.7 Å². The standard InChI is InChI=1S/C19H19N3O4/c1-24-15-8-5-6-13(10-15)12-20-18(23)19-22-21-17(26-19)11-14-7-3-4-9-16(14)25-2/h3-10H,11-12H2,1-2H3,(H,20,23). The maximum absolute atomic E-state index is 12.2. The van der Waals surface area contributed by atoms with Gasteiger partial charge in [-0.2, -0.15) is 0 Å². The summed E-state index contributed by atoms with van der Waals surface area (Å²) in [6.07, 6.45) is 0.389. The van der Waals surface area contributed by atoms with Gasteiger partial charge >= 0.3 is 11.8 Å². The minimum atomic E-state index is -0.424. The van der Waals surface area contributed by atoms with E-state index >= 15 is 0 Å². The Bertz CT molecular complexity index is 892. The summed E-state index contributed by atoms with van der Waals surface area (Å²) < 4.78 is 15.9. The third-order valence-corrected chi connectivity index (χ3v) is 3.78. The maximum atomic E-state index is 12.2. The summed E-state index contributed by atoms with van der Waals surface area (Å²) in [4.78, 5) is 12.2. The smallest absolute Gasteiger partial charge is 0.309 e. The molecule has 0 atom stereocenters. The summed E-state index contributed by atoms with van der Waals surface area (Å²) in [5.41, 5.74) is 1.81. The third kappa shape index (κ3) is 4.18. The van der Waals surface area contributed by atoms with Crippen molar-refractivity contribution in [1.29, 1.82) is 0 Å². The van der Waals surface area contributed by atoms with Crippen molar-refractivity contribution in [3.63, 3.8) is 0 Å². The van der Waals surface area contributed by atoms with Crippen LogP contribution in [0.4, 0.5) is 0 Å². The number of amides is 1. The Labute approximate surface area is 151 Å². The van der Waals surface area contributed by atoms with E-state index in [4.69, 9.17) is 13.9 Å². The maximum Gasteiger partial charge on any atom is 0.309 e. The van der Waals surface area contributed by atoms with Crippen LogP contribution in [-0.4, -0.2) is 30.3 Å². The molecule has 2 aromatic carbocycles. The van der Waals surface area contributed by atoms with Crippen molar-refractivity contribution in [2.75, 3.05) is 14.2 Å². The highest BCUT2D eigenvalue weighted by atomic mass is 16.5. The number of rotatable bonds is 7. The zero-order valence-electron chi connectivity index (χ0n) is 14.6. The van der Waals surface area contributed by atoms with Gasteiger partial charge < -0.3 is 19.2 Å². The quantitative estimate of drug-likeness (QED) is 0.703. The molecule has 7 heteroatoms. The largest absolute Gasteiger partial charge is 0.497 e. The molecule has 26 heavy (non-hydrogen) atoms. The van der Waals surface area contributed by atoms with E-state index in [9.17, 15) is 4.79 Å². The lowest BCUT2D eigenvalue weighted by Gasteiger charge is -2.05. The van der Waals surface area contributed by atoms with Crippen LogP contribution in [0.3, 0.4) is 0 Å². The van der Waals surface area contributed by atoms with Gasteiger partial charge in [-0.05, 0) is 23.8 Å². The molecule has 0 aliphatic heterocycles. The molecule has 1 aromatic heterocycles. The number of methoxy groups -OCH3 is 2. The van der Waals surface area contributed by atoms with E-state index in [2.05, 4.69) is 15.5 Å². The van der Waals surface area contributed by atoms with Gasteiger partial charge in [0.15, 0.2) is 0 Å². The average Bonchev–Trinajstić information content (AvgIpc) is 3.15. The van der Waals surface area contributed by atoms with E-state index < -0.39 is 5.91 Å². The Hall–Kier alpha value is -3.35. The summed E-state index contributed by atoms with van der Waals surface area (Å²) in [6, 6.07) is 15.0. The van der Waals surface area contributed by atoms with Crippen LogP contribution in [0.5, 0.6) is 11.5 Å². The highest BCUT2D eigenvalue weighted by molar-refractivity contribution is 5.89. The van der Waals surface area contributed by atoms with Gasteiger partial charge in [0.1, 0.15) is 11.5 Å². The molecule has 0 spiro atoms. The molecule has 134 valence electrons. The van der Waals surface area contributed by atoms with E-state index in [0.29, 0.717) is 18.9 Å². The van der Waals surface area contributed by atoms with Crippen molar-refractivity contribution < 1.29 is 18.7 Å². The van der Waals surface area contributed by atoms with Gasteiger partial charge in [-0.3, -0.25) is 4.79 Å². The first kappa shape index (κ1) is 17.5. The van der Waals surface area contributed by atoms with E-state index in [0.717, 1.165) is 22.6 Å². The fourth-order valence-corrected chi connectivity index (χ4v) is 2.47. The predicted molar refractivity (Wildman–Crippen MR) is 94.3 cm³/mol. The molecule has 0 saturated heterocycles. The normalized spacial score (nSPS) is 10.4. The molecule has 0 radical (unpaired) electrons. The van der Waals surface area contributed by atoms with E-state index in [1.54, 1.807) is 14.2 Å². The molecular formula is C19H19N3O4. The van der Waals surface area contributed by atoms with Crippen LogP contribution in [0.2, 0.25) is 0 Å². The lowest BCUT2D eigenvalue weighted by Crippen LogP contribution is -2.23. The van der Waals surface area contributed by atoms with Crippen LogP contribution >= 0.6 is 0 Å². The molecule has 1 N–H and O–H groups in total. The Kier molecular flexibility index (Phi) is 5.48. The third-order valence-electron chi connectivity index (χ3n) is 3.78. The second kappa shape index (κ2) is 8.15. The van der Waals surface area contributed by atoms with Gasteiger partial charge in [-0.15, -0.1) is 10.2 Å². The first-order chi connectivity index (χ1) is 12.7. The summed E-state index contributed by atoms with van der Waals surface area (Å²) in [5.74, 6) is 1.31. The fourth-order valence-electron chi connectivity index (χ4n) is 2.47. The summed E-state index contributed by atoms with van der Waals surface area (Å²) in [6.45, 7) is 0.334. The number of nitrogens with one attached hydrogen (secondary N) is 1. The van der Waals surface area contributed by atoms with Crippen molar-refractivity contribution in [2.45, 2.75) is 13.0 Å². The second-order valence-electron chi connectivity index (χ2n) is 5.52. The van der Waals surface area contributed by atoms with Crippen LogP contribution < -0.4 is 14.8 Å². The number of carbonyl (C=O) groups excluding carboxylic acids is 1. The van der Waals surface area contributed by atoms with Gasteiger partial charge in [0.25, 0.3) is 0 Å². The lowest BCUT2D eigenvalue weighted by molar-refractivity contribution is 0.0914. The highest BCUT2D eigenvalue weighted by Crippen LogP contribution is 2.20. The fraction of sp³-hybridized carbons (Fsp3) is 0.211. The molecule has 0 bridgehead atoms. The zero-order valence-corrected chi connectivity index (χ0v) is 14.6. The lowest BCUT2D eigenvalue weighted by atomic mass is 10.1. The Balaban J connectivity index is 1.62. The molecule has 0 aliphatic rings. The Morgan fingerprint density at radius 1 is 1.08 bits per heavy atom.